The predicted octanol–water partition coefficient (Wildman–Crippen LogP) is 3.42. The molecule has 4 heteroatoms. The number of carboxylic acid groups (broad SMARTS) is 1. The summed E-state index contributed by atoms with van der Waals surface area (Å²) in [7, 11) is 0. The van der Waals surface area contributed by atoms with E-state index in [0.29, 0.717) is 6.42 Å². The predicted molar refractivity (Wildman–Crippen MR) is 68.8 cm³/mol. The third-order valence-electron chi connectivity index (χ3n) is 2.38. The number of rotatable bonds is 5. The summed E-state index contributed by atoms with van der Waals surface area (Å²) in [5, 5.41) is 11.9. The Morgan fingerprint density at radius 3 is 2.88 bits per heavy atom. The quantitative estimate of drug-likeness (QED) is 0.872. The van der Waals surface area contributed by atoms with Gasteiger partial charge in [0.15, 0.2) is 0 Å². The molecule has 1 atom stereocenters. The zero-order valence-corrected chi connectivity index (χ0v) is 11.0. The maximum absolute atomic E-state index is 10.4. The van der Waals surface area contributed by atoms with Gasteiger partial charge < -0.3 is 10.4 Å². The average molecular weight is 286 g/mol. The molecular formula is C12H16BrNO2. The Morgan fingerprint density at radius 2 is 2.25 bits per heavy atom. The highest BCUT2D eigenvalue weighted by Gasteiger charge is 2.08. The molecule has 0 aliphatic carbocycles. The Kier molecular flexibility index (Phi) is 4.80. The fraction of sp³-hybridized carbons (Fsp3) is 0.417. The second-order valence-electron chi connectivity index (χ2n) is 3.91. The van der Waals surface area contributed by atoms with Crippen molar-refractivity contribution in [2.24, 2.45) is 0 Å². The molecule has 0 heterocycles. The van der Waals surface area contributed by atoms with E-state index in [1.165, 1.54) is 0 Å². The summed E-state index contributed by atoms with van der Waals surface area (Å²) in [6.07, 6.45) is 0.813. The van der Waals surface area contributed by atoms with Gasteiger partial charge in [0.25, 0.3) is 0 Å². The Hall–Kier alpha value is -1.03. The maximum Gasteiger partial charge on any atom is 0.303 e. The van der Waals surface area contributed by atoms with Crippen LogP contribution in [-0.2, 0) is 4.79 Å². The number of hydrogen-bond acceptors (Lipinski definition) is 2. The molecule has 0 aliphatic heterocycles. The van der Waals surface area contributed by atoms with Crippen molar-refractivity contribution in [3.63, 3.8) is 0 Å². The standard InChI is InChI=1S/C12H16BrNO2/c1-8-4-3-5-10(12(8)13)14-9(2)6-7-11(15)16/h3-5,9,14H,6-7H2,1-2H3,(H,15,16). The maximum atomic E-state index is 10.4. The Bertz CT molecular complexity index is 379. The van der Waals surface area contributed by atoms with Gasteiger partial charge in [0.2, 0.25) is 0 Å². The number of benzene rings is 1. The van der Waals surface area contributed by atoms with Crippen LogP contribution in [0.1, 0.15) is 25.3 Å². The van der Waals surface area contributed by atoms with Crippen molar-refractivity contribution in [1.82, 2.24) is 0 Å². The van der Waals surface area contributed by atoms with E-state index in [4.69, 9.17) is 5.11 Å². The van der Waals surface area contributed by atoms with Gasteiger partial charge in [0.1, 0.15) is 0 Å². The number of nitrogens with one attached hydrogen (secondary N) is 1. The summed E-state index contributed by atoms with van der Waals surface area (Å²) in [6.45, 7) is 4.01. The number of aryl methyl sites for hydroxylation is 1. The minimum Gasteiger partial charge on any atom is -0.481 e. The van der Waals surface area contributed by atoms with Crippen molar-refractivity contribution in [2.45, 2.75) is 32.7 Å². The molecule has 2 N–H and O–H groups in total. The van der Waals surface area contributed by atoms with E-state index in [-0.39, 0.29) is 12.5 Å². The molecule has 0 aromatic heterocycles. The molecule has 3 nitrogen and oxygen atoms in total. The number of halogens is 1. The average Bonchev–Trinajstić information content (AvgIpc) is 2.22. The molecule has 1 rings (SSSR count). The summed E-state index contributed by atoms with van der Waals surface area (Å²) in [6, 6.07) is 6.13. The van der Waals surface area contributed by atoms with Crippen molar-refractivity contribution in [3.05, 3.63) is 28.2 Å². The van der Waals surface area contributed by atoms with Crippen LogP contribution in [0.2, 0.25) is 0 Å². The van der Waals surface area contributed by atoms with Crippen molar-refractivity contribution in [3.8, 4) is 0 Å². The van der Waals surface area contributed by atoms with Crippen LogP contribution in [0.3, 0.4) is 0 Å². The molecule has 1 aromatic carbocycles. The lowest BCUT2D eigenvalue weighted by Crippen LogP contribution is -2.17. The van der Waals surface area contributed by atoms with Gasteiger partial charge in [0.05, 0.1) is 0 Å². The highest BCUT2D eigenvalue weighted by molar-refractivity contribution is 9.10. The van der Waals surface area contributed by atoms with Crippen molar-refractivity contribution in [1.29, 1.82) is 0 Å². The van der Waals surface area contributed by atoms with Gasteiger partial charge in [-0.25, -0.2) is 0 Å². The van der Waals surface area contributed by atoms with Gasteiger partial charge >= 0.3 is 5.97 Å². The molecule has 0 spiro atoms. The second kappa shape index (κ2) is 5.89. The first-order valence-electron chi connectivity index (χ1n) is 5.24. The number of carboxylic acids is 1. The minimum absolute atomic E-state index is 0.147. The van der Waals surface area contributed by atoms with Gasteiger partial charge in [-0.2, -0.15) is 0 Å². The topological polar surface area (TPSA) is 49.3 Å². The Balaban J connectivity index is 2.59. The molecule has 88 valence electrons. The van der Waals surface area contributed by atoms with E-state index >= 15 is 0 Å². The van der Waals surface area contributed by atoms with Gasteiger partial charge in [-0.05, 0) is 47.8 Å². The van der Waals surface area contributed by atoms with E-state index in [0.717, 1.165) is 15.7 Å². The van der Waals surface area contributed by atoms with Crippen molar-refractivity contribution in [2.75, 3.05) is 5.32 Å². The van der Waals surface area contributed by atoms with Gasteiger partial charge in [-0.15, -0.1) is 0 Å². The van der Waals surface area contributed by atoms with Crippen LogP contribution in [0.4, 0.5) is 5.69 Å². The van der Waals surface area contributed by atoms with Crippen LogP contribution in [-0.4, -0.2) is 17.1 Å². The molecule has 0 saturated carbocycles. The van der Waals surface area contributed by atoms with E-state index in [1.54, 1.807) is 0 Å². The lowest BCUT2D eigenvalue weighted by atomic mass is 10.1. The van der Waals surface area contributed by atoms with E-state index in [2.05, 4.69) is 21.2 Å². The lowest BCUT2D eigenvalue weighted by molar-refractivity contribution is -0.137. The summed E-state index contributed by atoms with van der Waals surface area (Å²) in [5.74, 6) is -0.753. The molecular weight excluding hydrogens is 270 g/mol. The van der Waals surface area contributed by atoms with Crippen LogP contribution in [0, 0.1) is 6.92 Å². The lowest BCUT2D eigenvalue weighted by Gasteiger charge is -2.16. The molecule has 0 fully saturated rings. The molecule has 1 unspecified atom stereocenters. The van der Waals surface area contributed by atoms with Crippen LogP contribution in [0.5, 0.6) is 0 Å². The molecule has 16 heavy (non-hydrogen) atoms. The highest BCUT2D eigenvalue weighted by Crippen LogP contribution is 2.26. The first-order valence-corrected chi connectivity index (χ1v) is 6.03. The van der Waals surface area contributed by atoms with Gasteiger partial charge in [-0.3, -0.25) is 4.79 Å². The van der Waals surface area contributed by atoms with Crippen LogP contribution in [0.25, 0.3) is 0 Å². The molecule has 0 amide bonds. The number of hydrogen-bond donors (Lipinski definition) is 2. The number of carbonyl (C=O) groups is 1. The van der Waals surface area contributed by atoms with Crippen LogP contribution >= 0.6 is 15.9 Å². The number of aliphatic carboxylic acids is 1. The van der Waals surface area contributed by atoms with Gasteiger partial charge in [-0.1, -0.05) is 12.1 Å². The monoisotopic (exact) mass is 285 g/mol. The SMILES string of the molecule is Cc1cccc(NC(C)CCC(=O)O)c1Br. The fourth-order valence-corrected chi connectivity index (χ4v) is 1.82. The van der Waals surface area contributed by atoms with Crippen LogP contribution < -0.4 is 5.32 Å². The van der Waals surface area contributed by atoms with Crippen LogP contribution in [0.15, 0.2) is 22.7 Å². The third kappa shape index (κ3) is 3.85. The summed E-state index contributed by atoms with van der Waals surface area (Å²) in [4.78, 5) is 10.4. The van der Waals surface area contributed by atoms with E-state index in [1.807, 2.05) is 32.0 Å². The molecule has 0 bridgehead atoms. The smallest absolute Gasteiger partial charge is 0.303 e. The van der Waals surface area contributed by atoms with Crippen molar-refractivity contribution >= 4 is 27.6 Å². The molecule has 0 aliphatic rings. The number of anilines is 1. The summed E-state index contributed by atoms with van der Waals surface area (Å²) in [5.41, 5.74) is 2.17. The second-order valence-corrected chi connectivity index (χ2v) is 4.71. The zero-order valence-electron chi connectivity index (χ0n) is 9.46. The highest BCUT2D eigenvalue weighted by atomic mass is 79.9. The van der Waals surface area contributed by atoms with E-state index in [9.17, 15) is 4.79 Å². The van der Waals surface area contributed by atoms with Crippen molar-refractivity contribution < 1.29 is 9.90 Å². The first-order chi connectivity index (χ1) is 7.50. The summed E-state index contributed by atoms with van der Waals surface area (Å²) >= 11 is 3.51. The first kappa shape index (κ1) is 13.0. The Labute approximate surface area is 104 Å². The minimum atomic E-state index is -0.753. The normalized spacial score (nSPS) is 12.2. The largest absolute Gasteiger partial charge is 0.481 e. The zero-order chi connectivity index (χ0) is 12.1. The molecule has 1 aromatic rings. The third-order valence-corrected chi connectivity index (χ3v) is 3.44. The summed E-state index contributed by atoms with van der Waals surface area (Å²) < 4.78 is 1.04. The molecule has 0 radical (unpaired) electrons. The Morgan fingerprint density at radius 1 is 1.56 bits per heavy atom. The fourth-order valence-electron chi connectivity index (χ4n) is 1.44. The van der Waals surface area contributed by atoms with Gasteiger partial charge in [0, 0.05) is 22.6 Å². The van der Waals surface area contributed by atoms with E-state index < -0.39 is 5.97 Å². The molecule has 0 saturated heterocycles.